The van der Waals surface area contributed by atoms with Crippen LogP contribution in [-0.4, -0.2) is 44.8 Å². The van der Waals surface area contributed by atoms with Crippen molar-refractivity contribution in [3.8, 4) is 0 Å². The molecule has 0 unspecified atom stereocenters. The molecule has 0 aromatic heterocycles. The van der Waals surface area contributed by atoms with Crippen LogP contribution >= 0.6 is 0 Å². The molecule has 146 valence electrons. The molecule has 0 bridgehead atoms. The molecule has 1 heterocycles. The van der Waals surface area contributed by atoms with E-state index in [1.807, 2.05) is 33.8 Å². The summed E-state index contributed by atoms with van der Waals surface area (Å²) in [4.78, 5) is 14.9. The summed E-state index contributed by atoms with van der Waals surface area (Å²) in [6.07, 6.45) is 2.96. The number of amides is 1. The van der Waals surface area contributed by atoms with Gasteiger partial charge in [-0.1, -0.05) is 27.7 Å². The maximum atomic E-state index is 12.9. The fraction of sp³-hybridized carbons (Fsp3) is 0.632. The lowest BCUT2D eigenvalue weighted by atomic mass is 10.1. The average Bonchev–Trinajstić information content (AvgIpc) is 3.16. The van der Waals surface area contributed by atoms with Crippen LogP contribution in [-0.2, 0) is 14.8 Å². The Morgan fingerprint density at radius 1 is 1.19 bits per heavy atom. The van der Waals surface area contributed by atoms with E-state index in [-0.39, 0.29) is 16.7 Å². The lowest BCUT2D eigenvalue weighted by molar-refractivity contribution is -0.119. The van der Waals surface area contributed by atoms with Gasteiger partial charge in [0.25, 0.3) is 0 Å². The summed E-state index contributed by atoms with van der Waals surface area (Å²) < 4.78 is 27.1. The van der Waals surface area contributed by atoms with Gasteiger partial charge in [0.1, 0.15) is 0 Å². The first-order valence-electron chi connectivity index (χ1n) is 9.55. The highest BCUT2D eigenvalue weighted by Gasteiger charge is 2.25. The van der Waals surface area contributed by atoms with E-state index >= 15 is 0 Å². The van der Waals surface area contributed by atoms with E-state index in [0.29, 0.717) is 18.8 Å². The standard InChI is InChI=1S/C19H31N3O3S/c1-5-15(4)19(23)20-17-14-16(26(24,25)22(6-2)7-3)10-11-18(17)21-12-8-9-13-21/h10-11,14-15H,5-9,12-13H2,1-4H3,(H,20,23)/t15-/m1/s1. The number of nitrogens with one attached hydrogen (secondary N) is 1. The number of carbonyl (C=O) groups excluding carboxylic acids is 1. The van der Waals surface area contributed by atoms with Gasteiger partial charge < -0.3 is 10.2 Å². The zero-order valence-electron chi connectivity index (χ0n) is 16.3. The second-order valence-electron chi connectivity index (χ2n) is 6.76. The monoisotopic (exact) mass is 381 g/mol. The van der Waals surface area contributed by atoms with Crippen molar-refractivity contribution in [3.63, 3.8) is 0 Å². The first-order valence-corrected chi connectivity index (χ1v) is 11.0. The summed E-state index contributed by atoms with van der Waals surface area (Å²) in [5.41, 5.74) is 1.49. The minimum Gasteiger partial charge on any atom is -0.370 e. The summed E-state index contributed by atoms with van der Waals surface area (Å²) in [5.74, 6) is -0.199. The van der Waals surface area contributed by atoms with Crippen LogP contribution in [0.2, 0.25) is 0 Å². The summed E-state index contributed by atoms with van der Waals surface area (Å²) in [5, 5.41) is 2.96. The molecule has 1 amide bonds. The maximum Gasteiger partial charge on any atom is 0.243 e. The van der Waals surface area contributed by atoms with Crippen molar-refractivity contribution in [2.45, 2.75) is 51.9 Å². The Labute approximate surface area is 157 Å². The molecule has 0 spiro atoms. The van der Waals surface area contributed by atoms with Crippen molar-refractivity contribution < 1.29 is 13.2 Å². The molecule has 1 fully saturated rings. The molecule has 0 aliphatic carbocycles. The van der Waals surface area contributed by atoms with Crippen LogP contribution in [0.25, 0.3) is 0 Å². The van der Waals surface area contributed by atoms with E-state index in [4.69, 9.17) is 0 Å². The number of sulfonamides is 1. The number of hydrogen-bond donors (Lipinski definition) is 1. The predicted molar refractivity (Wildman–Crippen MR) is 106 cm³/mol. The van der Waals surface area contributed by atoms with Gasteiger partial charge in [0, 0.05) is 32.1 Å². The van der Waals surface area contributed by atoms with Crippen molar-refractivity contribution in [1.82, 2.24) is 4.31 Å². The molecule has 1 saturated heterocycles. The van der Waals surface area contributed by atoms with Gasteiger partial charge >= 0.3 is 0 Å². The number of benzene rings is 1. The topological polar surface area (TPSA) is 69.7 Å². The normalized spacial score (nSPS) is 16.1. The van der Waals surface area contributed by atoms with Gasteiger partial charge in [-0.3, -0.25) is 4.79 Å². The summed E-state index contributed by atoms with van der Waals surface area (Å²) in [7, 11) is -3.56. The number of hydrogen-bond acceptors (Lipinski definition) is 4. The molecule has 1 aliphatic heterocycles. The van der Waals surface area contributed by atoms with Crippen LogP contribution in [0.5, 0.6) is 0 Å². The Kier molecular flexibility index (Phi) is 7.06. The van der Waals surface area contributed by atoms with Gasteiger partial charge in [-0.25, -0.2) is 8.42 Å². The van der Waals surface area contributed by atoms with Gasteiger partial charge in [-0.05, 0) is 37.5 Å². The van der Waals surface area contributed by atoms with E-state index in [2.05, 4.69) is 10.2 Å². The van der Waals surface area contributed by atoms with Gasteiger partial charge in [0.15, 0.2) is 0 Å². The molecule has 1 N–H and O–H groups in total. The number of rotatable bonds is 8. The second kappa shape index (κ2) is 8.86. The molecule has 1 aliphatic rings. The Morgan fingerprint density at radius 2 is 1.81 bits per heavy atom. The largest absolute Gasteiger partial charge is 0.370 e. The van der Waals surface area contributed by atoms with Gasteiger partial charge in [0.05, 0.1) is 16.3 Å². The number of nitrogens with zero attached hydrogens (tertiary/aromatic N) is 2. The maximum absolute atomic E-state index is 12.9. The number of anilines is 2. The molecule has 7 heteroatoms. The molecule has 26 heavy (non-hydrogen) atoms. The van der Waals surface area contributed by atoms with Crippen molar-refractivity contribution in [2.24, 2.45) is 5.92 Å². The van der Waals surface area contributed by atoms with Crippen molar-refractivity contribution in [3.05, 3.63) is 18.2 Å². The SMILES string of the molecule is CC[C@@H](C)C(=O)Nc1cc(S(=O)(=O)N(CC)CC)ccc1N1CCCC1. The van der Waals surface area contributed by atoms with Crippen LogP contribution in [0, 0.1) is 5.92 Å². The Balaban J connectivity index is 2.44. The molecular formula is C19H31N3O3S. The van der Waals surface area contributed by atoms with Crippen LogP contribution in [0.4, 0.5) is 11.4 Å². The van der Waals surface area contributed by atoms with E-state index in [1.165, 1.54) is 4.31 Å². The fourth-order valence-electron chi connectivity index (χ4n) is 3.16. The lowest BCUT2D eigenvalue weighted by Gasteiger charge is -2.24. The van der Waals surface area contributed by atoms with Crippen molar-refractivity contribution in [2.75, 3.05) is 36.4 Å². The Bertz CT molecular complexity index is 724. The van der Waals surface area contributed by atoms with Crippen LogP contribution in [0.1, 0.15) is 47.0 Å². The molecule has 0 saturated carbocycles. The quantitative estimate of drug-likeness (QED) is 0.750. The molecule has 2 rings (SSSR count). The molecule has 1 aromatic carbocycles. The van der Waals surface area contributed by atoms with E-state index < -0.39 is 10.0 Å². The summed E-state index contributed by atoms with van der Waals surface area (Å²) in [6.45, 7) is 10.2. The first kappa shape index (κ1) is 20.7. The van der Waals surface area contributed by atoms with Crippen LogP contribution in [0.3, 0.4) is 0 Å². The Morgan fingerprint density at radius 3 is 2.35 bits per heavy atom. The van der Waals surface area contributed by atoms with Crippen molar-refractivity contribution >= 4 is 27.3 Å². The smallest absolute Gasteiger partial charge is 0.243 e. The zero-order valence-corrected chi connectivity index (χ0v) is 17.1. The highest BCUT2D eigenvalue weighted by Crippen LogP contribution is 2.32. The molecule has 1 atom stereocenters. The third-order valence-corrected chi connectivity index (χ3v) is 7.12. The van der Waals surface area contributed by atoms with E-state index in [1.54, 1.807) is 12.1 Å². The average molecular weight is 382 g/mol. The Hall–Kier alpha value is -1.60. The fourth-order valence-corrected chi connectivity index (χ4v) is 4.65. The van der Waals surface area contributed by atoms with Crippen molar-refractivity contribution in [1.29, 1.82) is 0 Å². The predicted octanol–water partition coefficient (Wildman–Crippen LogP) is 3.30. The van der Waals surface area contributed by atoms with E-state index in [9.17, 15) is 13.2 Å². The van der Waals surface area contributed by atoms with Gasteiger partial charge in [0.2, 0.25) is 15.9 Å². The van der Waals surface area contributed by atoms with Crippen LogP contribution in [0.15, 0.2) is 23.1 Å². The zero-order chi connectivity index (χ0) is 19.3. The van der Waals surface area contributed by atoms with E-state index in [0.717, 1.165) is 38.0 Å². The lowest BCUT2D eigenvalue weighted by Crippen LogP contribution is -2.31. The van der Waals surface area contributed by atoms with Gasteiger partial charge in [-0.2, -0.15) is 4.31 Å². The third kappa shape index (κ3) is 4.38. The highest BCUT2D eigenvalue weighted by molar-refractivity contribution is 7.89. The summed E-state index contributed by atoms with van der Waals surface area (Å²) in [6, 6.07) is 5.09. The molecular weight excluding hydrogens is 350 g/mol. The molecule has 1 aromatic rings. The third-order valence-electron chi connectivity index (χ3n) is 5.08. The first-order chi connectivity index (χ1) is 12.3. The minimum absolute atomic E-state index is 0.0784. The minimum atomic E-state index is -3.56. The van der Waals surface area contributed by atoms with Crippen LogP contribution < -0.4 is 10.2 Å². The van der Waals surface area contributed by atoms with Gasteiger partial charge in [-0.15, -0.1) is 0 Å². The molecule has 0 radical (unpaired) electrons. The number of carbonyl (C=O) groups is 1. The highest BCUT2D eigenvalue weighted by atomic mass is 32.2. The second-order valence-corrected chi connectivity index (χ2v) is 8.70. The molecule has 6 nitrogen and oxygen atoms in total. The summed E-state index contributed by atoms with van der Waals surface area (Å²) >= 11 is 0.